The van der Waals surface area contributed by atoms with Crippen LogP contribution in [0.2, 0.25) is 0 Å². The predicted octanol–water partition coefficient (Wildman–Crippen LogP) is 2.44. The quantitative estimate of drug-likeness (QED) is 0.924. The molecule has 1 atom stereocenters. The van der Waals surface area contributed by atoms with Gasteiger partial charge in [0.1, 0.15) is 11.6 Å². The van der Waals surface area contributed by atoms with Crippen LogP contribution in [0, 0.1) is 13.8 Å². The summed E-state index contributed by atoms with van der Waals surface area (Å²) >= 11 is 0. The van der Waals surface area contributed by atoms with Gasteiger partial charge in [0.25, 0.3) is 0 Å². The molecule has 136 valence electrons. The van der Waals surface area contributed by atoms with E-state index in [1.54, 1.807) is 11.2 Å². The van der Waals surface area contributed by atoms with Crippen molar-refractivity contribution in [3.05, 3.63) is 35.4 Å². The highest BCUT2D eigenvalue weighted by Gasteiger charge is 2.24. The number of hydrogen-bond acceptors (Lipinski definition) is 4. The van der Waals surface area contributed by atoms with Gasteiger partial charge in [0.05, 0.1) is 18.5 Å². The van der Waals surface area contributed by atoms with Gasteiger partial charge in [-0.1, -0.05) is 0 Å². The highest BCUT2D eigenvalue weighted by atomic mass is 16.3. The number of furan rings is 1. The molecule has 1 aliphatic rings. The molecule has 3 heterocycles. The van der Waals surface area contributed by atoms with E-state index in [0.717, 1.165) is 48.8 Å². The Hall–Kier alpha value is -2.44. The number of amides is 2. The van der Waals surface area contributed by atoms with Crippen LogP contribution in [-0.2, 0) is 13.6 Å². The smallest absolute Gasteiger partial charge is 0.317 e. The Kier molecular flexibility index (Phi) is 5.01. The summed E-state index contributed by atoms with van der Waals surface area (Å²) < 4.78 is 7.21. The minimum absolute atomic E-state index is 0.0476. The molecule has 1 aliphatic heterocycles. The summed E-state index contributed by atoms with van der Waals surface area (Å²) in [5, 5.41) is 7.58. The van der Waals surface area contributed by atoms with E-state index >= 15 is 0 Å². The van der Waals surface area contributed by atoms with E-state index in [1.165, 1.54) is 0 Å². The Labute approximate surface area is 148 Å². The summed E-state index contributed by atoms with van der Waals surface area (Å²) in [6, 6.07) is 4.10. The average molecular weight is 345 g/mol. The number of anilines is 1. The summed E-state index contributed by atoms with van der Waals surface area (Å²) in [5.41, 5.74) is 2.05. The first kappa shape index (κ1) is 17.4. The summed E-state index contributed by atoms with van der Waals surface area (Å²) in [6.07, 6.45) is 3.71. The van der Waals surface area contributed by atoms with Crippen LogP contribution in [0.1, 0.15) is 29.9 Å². The van der Waals surface area contributed by atoms with Gasteiger partial charge in [0.2, 0.25) is 0 Å². The van der Waals surface area contributed by atoms with Gasteiger partial charge in [-0.15, -0.1) is 0 Å². The molecular formula is C18H27N5O2. The number of nitrogens with one attached hydrogen (secondary N) is 1. The van der Waals surface area contributed by atoms with Crippen molar-refractivity contribution in [2.24, 2.45) is 7.05 Å². The molecule has 0 radical (unpaired) electrons. The zero-order valence-corrected chi connectivity index (χ0v) is 15.5. The molecule has 3 rings (SSSR count). The van der Waals surface area contributed by atoms with Crippen molar-refractivity contribution in [2.75, 3.05) is 25.0 Å². The number of rotatable bonds is 4. The van der Waals surface area contributed by atoms with Crippen molar-refractivity contribution >= 4 is 11.8 Å². The van der Waals surface area contributed by atoms with Gasteiger partial charge in [-0.25, -0.2) is 4.79 Å². The zero-order valence-electron chi connectivity index (χ0n) is 15.5. The second-order valence-corrected chi connectivity index (χ2v) is 6.86. The maximum atomic E-state index is 12.5. The standard InChI is InChI=1S/C18H27N5O2/c1-13-10-17(22(4)20-13)23-8-5-6-16(12-23)19-18(24)21(3)11-15-7-9-25-14(15)2/h7,9-10,16H,5-6,8,11-12H2,1-4H3,(H,19,24)/t16-/m0/s1. The van der Waals surface area contributed by atoms with Crippen LogP contribution in [0.4, 0.5) is 10.6 Å². The fourth-order valence-electron chi connectivity index (χ4n) is 3.38. The van der Waals surface area contributed by atoms with Crippen LogP contribution in [0.25, 0.3) is 0 Å². The van der Waals surface area contributed by atoms with Crippen molar-refractivity contribution in [3.8, 4) is 0 Å². The first-order chi connectivity index (χ1) is 11.9. The van der Waals surface area contributed by atoms with Crippen molar-refractivity contribution in [1.29, 1.82) is 0 Å². The highest BCUT2D eigenvalue weighted by Crippen LogP contribution is 2.20. The number of carbonyl (C=O) groups excluding carboxylic acids is 1. The van der Waals surface area contributed by atoms with Crippen molar-refractivity contribution in [2.45, 2.75) is 39.3 Å². The number of aryl methyl sites for hydroxylation is 3. The number of urea groups is 1. The molecular weight excluding hydrogens is 318 g/mol. The molecule has 2 amide bonds. The third-order valence-electron chi connectivity index (χ3n) is 4.77. The molecule has 0 bridgehead atoms. The fraction of sp³-hybridized carbons (Fsp3) is 0.556. The van der Waals surface area contributed by atoms with Gasteiger partial charge in [0, 0.05) is 44.9 Å². The maximum Gasteiger partial charge on any atom is 0.317 e. The van der Waals surface area contributed by atoms with E-state index in [9.17, 15) is 4.79 Å². The van der Waals surface area contributed by atoms with E-state index in [4.69, 9.17) is 4.42 Å². The number of aromatic nitrogens is 2. The molecule has 0 spiro atoms. The van der Waals surface area contributed by atoms with Crippen LogP contribution >= 0.6 is 0 Å². The van der Waals surface area contributed by atoms with Gasteiger partial charge in [-0.2, -0.15) is 5.10 Å². The van der Waals surface area contributed by atoms with Crippen LogP contribution in [-0.4, -0.2) is 46.9 Å². The number of nitrogens with zero attached hydrogens (tertiary/aromatic N) is 4. The topological polar surface area (TPSA) is 66.5 Å². The van der Waals surface area contributed by atoms with Crippen LogP contribution in [0.5, 0.6) is 0 Å². The Morgan fingerprint density at radius 3 is 2.92 bits per heavy atom. The van der Waals surface area contributed by atoms with Crippen molar-refractivity contribution in [3.63, 3.8) is 0 Å². The van der Waals surface area contributed by atoms with E-state index in [1.807, 2.05) is 38.7 Å². The molecule has 2 aromatic heterocycles. The summed E-state index contributed by atoms with van der Waals surface area (Å²) in [6.45, 7) is 6.26. The first-order valence-corrected chi connectivity index (χ1v) is 8.74. The average Bonchev–Trinajstić information content (AvgIpc) is 3.12. The molecule has 7 heteroatoms. The summed E-state index contributed by atoms with van der Waals surface area (Å²) in [4.78, 5) is 16.5. The summed E-state index contributed by atoms with van der Waals surface area (Å²) in [7, 11) is 3.78. The summed E-state index contributed by atoms with van der Waals surface area (Å²) in [5.74, 6) is 1.97. The van der Waals surface area contributed by atoms with E-state index < -0.39 is 0 Å². The molecule has 25 heavy (non-hydrogen) atoms. The minimum atomic E-state index is -0.0476. The minimum Gasteiger partial charge on any atom is -0.469 e. The van der Waals surface area contributed by atoms with E-state index in [-0.39, 0.29) is 12.1 Å². The number of carbonyl (C=O) groups is 1. The third-order valence-corrected chi connectivity index (χ3v) is 4.77. The molecule has 2 aromatic rings. The lowest BCUT2D eigenvalue weighted by Crippen LogP contribution is -2.51. The highest BCUT2D eigenvalue weighted by molar-refractivity contribution is 5.74. The first-order valence-electron chi connectivity index (χ1n) is 8.74. The second kappa shape index (κ2) is 7.21. The number of piperidine rings is 1. The van der Waals surface area contributed by atoms with Gasteiger partial charge >= 0.3 is 6.03 Å². The molecule has 1 fully saturated rings. The van der Waals surface area contributed by atoms with Crippen LogP contribution < -0.4 is 10.2 Å². The lowest BCUT2D eigenvalue weighted by molar-refractivity contribution is 0.200. The van der Waals surface area contributed by atoms with E-state index in [2.05, 4.69) is 21.4 Å². The molecule has 1 saturated heterocycles. The van der Waals surface area contributed by atoms with Gasteiger partial charge < -0.3 is 19.5 Å². The van der Waals surface area contributed by atoms with Gasteiger partial charge in [0.15, 0.2) is 0 Å². The fourth-order valence-corrected chi connectivity index (χ4v) is 3.38. The molecule has 0 unspecified atom stereocenters. The van der Waals surface area contributed by atoms with Gasteiger partial charge in [-0.3, -0.25) is 4.68 Å². The second-order valence-electron chi connectivity index (χ2n) is 6.86. The molecule has 0 aliphatic carbocycles. The van der Waals surface area contributed by atoms with Crippen LogP contribution in [0.15, 0.2) is 22.8 Å². The SMILES string of the molecule is Cc1cc(N2CCC[C@H](NC(=O)N(C)Cc3ccoc3C)C2)n(C)n1. The lowest BCUT2D eigenvalue weighted by Gasteiger charge is -2.35. The number of hydrogen-bond donors (Lipinski definition) is 1. The lowest BCUT2D eigenvalue weighted by atomic mass is 10.1. The van der Waals surface area contributed by atoms with Crippen molar-refractivity contribution < 1.29 is 9.21 Å². The molecule has 0 saturated carbocycles. The molecule has 1 N–H and O–H groups in total. The molecule has 7 nitrogen and oxygen atoms in total. The van der Waals surface area contributed by atoms with Crippen molar-refractivity contribution in [1.82, 2.24) is 20.0 Å². The predicted molar refractivity (Wildman–Crippen MR) is 96.6 cm³/mol. The van der Waals surface area contributed by atoms with Gasteiger partial charge in [-0.05, 0) is 32.8 Å². The third kappa shape index (κ3) is 3.97. The van der Waals surface area contributed by atoms with Crippen LogP contribution in [0.3, 0.4) is 0 Å². The van der Waals surface area contributed by atoms with E-state index in [0.29, 0.717) is 6.54 Å². The molecule has 0 aromatic carbocycles. The largest absolute Gasteiger partial charge is 0.469 e. The Morgan fingerprint density at radius 2 is 2.28 bits per heavy atom. The normalized spacial score (nSPS) is 17.6. The monoisotopic (exact) mass is 345 g/mol. The maximum absolute atomic E-state index is 12.5. The zero-order chi connectivity index (χ0) is 18.0. The Bertz CT molecular complexity index is 736. The Balaban J connectivity index is 1.57. The Morgan fingerprint density at radius 1 is 1.48 bits per heavy atom.